The number of benzene rings is 2. The second-order valence-electron chi connectivity index (χ2n) is 8.12. The number of rotatable bonds is 6. The number of nitrogens with one attached hydrogen (secondary N) is 2. The fourth-order valence-electron chi connectivity index (χ4n) is 4.21. The van der Waals surface area contributed by atoms with E-state index in [9.17, 15) is 14.9 Å². The van der Waals surface area contributed by atoms with E-state index >= 15 is 0 Å². The van der Waals surface area contributed by atoms with Gasteiger partial charge in [0.15, 0.2) is 0 Å². The van der Waals surface area contributed by atoms with E-state index in [0.29, 0.717) is 0 Å². The van der Waals surface area contributed by atoms with E-state index in [1.165, 1.54) is 6.42 Å². The van der Waals surface area contributed by atoms with Crippen LogP contribution in [0.15, 0.2) is 66.4 Å². The zero-order chi connectivity index (χ0) is 22.3. The van der Waals surface area contributed by atoms with Crippen LogP contribution in [-0.2, 0) is 16.1 Å². The Kier molecular flexibility index (Phi) is 6.66. The first-order chi connectivity index (χ1) is 15.6. The number of para-hydroxylation sites is 2. The van der Waals surface area contributed by atoms with Crippen molar-refractivity contribution in [1.29, 1.82) is 5.26 Å². The van der Waals surface area contributed by atoms with Crippen molar-refractivity contribution in [2.75, 3.05) is 5.32 Å². The molecule has 3 aromatic rings. The molecule has 0 aliphatic heterocycles. The predicted octanol–water partition coefficient (Wildman–Crippen LogP) is 4.64. The van der Waals surface area contributed by atoms with E-state index < -0.39 is 0 Å². The summed E-state index contributed by atoms with van der Waals surface area (Å²) in [6.45, 7) is 0.124. The number of fused-ring (bicyclic) bond motifs is 1. The fourth-order valence-corrected chi connectivity index (χ4v) is 4.21. The molecule has 6 heteroatoms. The number of nitriles is 1. The van der Waals surface area contributed by atoms with Crippen LogP contribution in [0.25, 0.3) is 17.0 Å². The van der Waals surface area contributed by atoms with Gasteiger partial charge in [0.25, 0.3) is 5.91 Å². The summed E-state index contributed by atoms with van der Waals surface area (Å²) >= 11 is 0. The minimum absolute atomic E-state index is 0.0761. The average molecular weight is 427 g/mol. The summed E-state index contributed by atoms with van der Waals surface area (Å²) in [5.74, 6) is -0.485. The van der Waals surface area contributed by atoms with Crippen LogP contribution in [-0.4, -0.2) is 22.4 Å². The Balaban J connectivity index is 1.56. The molecule has 1 heterocycles. The highest BCUT2D eigenvalue weighted by atomic mass is 16.2. The smallest absolute Gasteiger partial charge is 0.262 e. The molecule has 2 amide bonds. The second-order valence-corrected chi connectivity index (χ2v) is 8.12. The van der Waals surface area contributed by atoms with E-state index in [1.807, 2.05) is 71.4 Å². The molecule has 1 fully saturated rings. The van der Waals surface area contributed by atoms with Crippen molar-refractivity contribution < 1.29 is 9.59 Å². The lowest BCUT2D eigenvalue weighted by atomic mass is 9.95. The summed E-state index contributed by atoms with van der Waals surface area (Å²) in [5.41, 5.74) is 2.42. The van der Waals surface area contributed by atoms with Crippen molar-refractivity contribution in [2.24, 2.45) is 0 Å². The van der Waals surface area contributed by atoms with Gasteiger partial charge >= 0.3 is 0 Å². The van der Waals surface area contributed by atoms with Gasteiger partial charge in [0, 0.05) is 34.4 Å². The van der Waals surface area contributed by atoms with Crippen LogP contribution in [0.4, 0.5) is 5.69 Å². The quantitative estimate of drug-likeness (QED) is 0.445. The molecule has 1 aliphatic rings. The van der Waals surface area contributed by atoms with Gasteiger partial charge in [-0.1, -0.05) is 55.7 Å². The molecule has 0 saturated heterocycles. The van der Waals surface area contributed by atoms with Crippen molar-refractivity contribution in [2.45, 2.75) is 44.7 Å². The maximum Gasteiger partial charge on any atom is 0.262 e. The first-order valence-corrected chi connectivity index (χ1v) is 11.0. The van der Waals surface area contributed by atoms with Gasteiger partial charge in [-0.25, -0.2) is 0 Å². The third-order valence-electron chi connectivity index (χ3n) is 5.80. The van der Waals surface area contributed by atoms with Crippen LogP contribution < -0.4 is 10.6 Å². The number of anilines is 1. The Labute approximate surface area is 187 Å². The lowest BCUT2D eigenvalue weighted by Crippen LogP contribution is -2.36. The molecule has 0 spiro atoms. The molecule has 4 rings (SSSR count). The van der Waals surface area contributed by atoms with Gasteiger partial charge in [-0.15, -0.1) is 0 Å². The summed E-state index contributed by atoms with van der Waals surface area (Å²) in [6.07, 6.45) is 8.77. The van der Waals surface area contributed by atoms with Crippen LogP contribution in [0.5, 0.6) is 0 Å². The highest BCUT2D eigenvalue weighted by molar-refractivity contribution is 6.04. The maximum atomic E-state index is 12.7. The van der Waals surface area contributed by atoms with Crippen molar-refractivity contribution in [3.05, 3.63) is 71.9 Å². The van der Waals surface area contributed by atoms with Crippen LogP contribution in [0.3, 0.4) is 0 Å². The van der Waals surface area contributed by atoms with Gasteiger partial charge < -0.3 is 15.2 Å². The average Bonchev–Trinajstić information content (AvgIpc) is 3.15. The van der Waals surface area contributed by atoms with Gasteiger partial charge in [-0.3, -0.25) is 9.59 Å². The number of hydrogen-bond donors (Lipinski definition) is 2. The van der Waals surface area contributed by atoms with Crippen molar-refractivity contribution >= 4 is 34.5 Å². The predicted molar refractivity (Wildman–Crippen MR) is 126 cm³/mol. The molecule has 0 radical (unpaired) electrons. The Morgan fingerprint density at radius 2 is 1.75 bits per heavy atom. The number of amides is 2. The standard InChI is InChI=1S/C26H26N4O2/c27-16-19(26(32)29-22-11-5-2-6-12-22)15-20-17-30(24-14-8-7-13-23(20)24)18-25(31)28-21-9-3-1-4-10-21/h1,3-4,7-10,13-15,17,22H,2,5-6,11-12,18H2,(H,28,31)(H,29,32). The number of nitrogens with zero attached hydrogens (tertiary/aromatic N) is 2. The third-order valence-corrected chi connectivity index (χ3v) is 5.80. The van der Waals surface area contributed by atoms with E-state index in [4.69, 9.17) is 0 Å². The highest BCUT2D eigenvalue weighted by Crippen LogP contribution is 2.24. The molecule has 2 aromatic carbocycles. The molecular formula is C26H26N4O2. The number of carbonyl (C=O) groups excluding carboxylic acids is 2. The van der Waals surface area contributed by atoms with E-state index in [2.05, 4.69) is 10.6 Å². The molecule has 32 heavy (non-hydrogen) atoms. The molecule has 2 N–H and O–H groups in total. The summed E-state index contributed by atoms with van der Waals surface area (Å²) in [4.78, 5) is 25.3. The van der Waals surface area contributed by atoms with Gasteiger partial charge in [0.1, 0.15) is 18.2 Å². The second kappa shape index (κ2) is 9.97. The molecule has 162 valence electrons. The van der Waals surface area contributed by atoms with Crippen molar-refractivity contribution in [3.8, 4) is 6.07 Å². The van der Waals surface area contributed by atoms with Gasteiger partial charge in [-0.05, 0) is 37.1 Å². The Morgan fingerprint density at radius 1 is 1.03 bits per heavy atom. The maximum absolute atomic E-state index is 12.7. The number of hydrogen-bond acceptors (Lipinski definition) is 3. The van der Waals surface area contributed by atoms with Gasteiger partial charge in [-0.2, -0.15) is 5.26 Å². The Hall–Kier alpha value is -3.85. The summed E-state index contributed by atoms with van der Waals surface area (Å²) in [6, 6.07) is 19.2. The first-order valence-electron chi connectivity index (χ1n) is 11.0. The van der Waals surface area contributed by atoms with E-state index in [1.54, 1.807) is 6.08 Å². The largest absolute Gasteiger partial charge is 0.349 e. The zero-order valence-electron chi connectivity index (χ0n) is 17.9. The molecule has 0 bridgehead atoms. The van der Waals surface area contributed by atoms with Gasteiger partial charge in [0.2, 0.25) is 5.91 Å². The van der Waals surface area contributed by atoms with Crippen LogP contribution >= 0.6 is 0 Å². The van der Waals surface area contributed by atoms with E-state index in [0.717, 1.165) is 47.8 Å². The van der Waals surface area contributed by atoms with Gasteiger partial charge in [0.05, 0.1) is 0 Å². The van der Waals surface area contributed by atoms with Crippen LogP contribution in [0, 0.1) is 11.3 Å². The lowest BCUT2D eigenvalue weighted by Gasteiger charge is -2.22. The number of aromatic nitrogens is 1. The topological polar surface area (TPSA) is 86.9 Å². The monoisotopic (exact) mass is 426 g/mol. The molecule has 1 aromatic heterocycles. The normalized spacial score (nSPS) is 14.7. The SMILES string of the molecule is N#CC(=Cc1cn(CC(=O)Nc2ccccc2)c2ccccc12)C(=O)NC1CCCCC1. The Morgan fingerprint density at radius 3 is 2.50 bits per heavy atom. The molecular weight excluding hydrogens is 400 g/mol. The zero-order valence-corrected chi connectivity index (χ0v) is 17.9. The summed E-state index contributed by atoms with van der Waals surface area (Å²) in [7, 11) is 0. The number of carbonyl (C=O) groups is 2. The molecule has 0 unspecified atom stereocenters. The molecule has 1 saturated carbocycles. The fraction of sp³-hybridized carbons (Fsp3) is 0.269. The summed E-state index contributed by atoms with van der Waals surface area (Å²) < 4.78 is 1.84. The highest BCUT2D eigenvalue weighted by Gasteiger charge is 2.19. The third kappa shape index (κ3) is 5.06. The van der Waals surface area contributed by atoms with Crippen molar-refractivity contribution in [3.63, 3.8) is 0 Å². The lowest BCUT2D eigenvalue weighted by molar-refractivity contribution is -0.118. The molecule has 6 nitrogen and oxygen atoms in total. The van der Waals surface area contributed by atoms with E-state index in [-0.39, 0.29) is 30.0 Å². The molecule has 0 atom stereocenters. The minimum Gasteiger partial charge on any atom is -0.349 e. The minimum atomic E-state index is -0.335. The summed E-state index contributed by atoms with van der Waals surface area (Å²) in [5, 5.41) is 16.4. The Bertz CT molecular complexity index is 1180. The van der Waals surface area contributed by atoms with Crippen LogP contribution in [0.2, 0.25) is 0 Å². The van der Waals surface area contributed by atoms with Crippen LogP contribution in [0.1, 0.15) is 37.7 Å². The molecule has 1 aliphatic carbocycles. The first kappa shape index (κ1) is 21.4. The van der Waals surface area contributed by atoms with Crippen molar-refractivity contribution in [1.82, 2.24) is 9.88 Å².